The smallest absolute Gasteiger partial charge is 0.248 e. The lowest BCUT2D eigenvalue weighted by atomic mass is 9.71. The first kappa shape index (κ1) is 27.9. The standard InChI is InChI=1S/C26H43N3O5S/c1-6-11-28-12-7-26(8-13-28)9-14-29(15-10-26)24(30)20-34-17-16-27(4)35(31,32)25-21(2)18-23(33-5)19-22(25)3/h18-19H,6-17,20H2,1-5H3. The number of sulfonamides is 1. The summed E-state index contributed by atoms with van der Waals surface area (Å²) in [6, 6.07) is 3.44. The van der Waals surface area contributed by atoms with Crippen LogP contribution in [-0.4, -0.2) is 95.1 Å². The number of likely N-dealkylation sites (tertiary alicyclic amines) is 2. The lowest BCUT2D eigenvalue weighted by Crippen LogP contribution is -2.49. The minimum atomic E-state index is -3.67. The fraction of sp³-hybridized carbons (Fsp3) is 0.731. The predicted molar refractivity (Wildman–Crippen MR) is 137 cm³/mol. The molecule has 8 nitrogen and oxygen atoms in total. The highest BCUT2D eigenvalue weighted by atomic mass is 32.2. The molecule has 35 heavy (non-hydrogen) atoms. The Morgan fingerprint density at radius 2 is 1.63 bits per heavy atom. The Balaban J connectivity index is 1.42. The van der Waals surface area contributed by atoms with Crippen LogP contribution in [0.25, 0.3) is 0 Å². The van der Waals surface area contributed by atoms with E-state index in [1.165, 1.54) is 43.2 Å². The number of nitrogens with zero attached hydrogens (tertiary/aromatic N) is 3. The lowest BCUT2D eigenvalue weighted by molar-refractivity contribution is -0.139. The monoisotopic (exact) mass is 509 g/mol. The summed E-state index contributed by atoms with van der Waals surface area (Å²) in [5, 5.41) is 0. The normalized spacial score (nSPS) is 18.9. The number of piperidine rings is 2. The molecule has 2 aliphatic rings. The number of rotatable bonds is 10. The number of hydrogen-bond acceptors (Lipinski definition) is 6. The molecule has 1 aromatic carbocycles. The first-order chi connectivity index (χ1) is 16.6. The van der Waals surface area contributed by atoms with E-state index in [1.807, 2.05) is 4.90 Å². The maximum atomic E-state index is 13.1. The molecule has 1 spiro atoms. The Bertz CT molecular complexity index is 940. The van der Waals surface area contributed by atoms with Crippen LogP contribution < -0.4 is 4.74 Å². The van der Waals surface area contributed by atoms with E-state index in [1.54, 1.807) is 40.1 Å². The number of hydrogen-bond donors (Lipinski definition) is 0. The first-order valence-electron chi connectivity index (χ1n) is 12.8. The summed E-state index contributed by atoms with van der Waals surface area (Å²) in [6.45, 7) is 11.2. The Kier molecular flexibility index (Phi) is 9.60. The number of ether oxygens (including phenoxy) is 2. The topological polar surface area (TPSA) is 79.4 Å². The molecule has 2 aliphatic heterocycles. The number of carbonyl (C=O) groups is 1. The summed E-state index contributed by atoms with van der Waals surface area (Å²) in [5.41, 5.74) is 1.68. The number of carbonyl (C=O) groups excluding carboxylic acids is 1. The number of benzene rings is 1. The zero-order valence-corrected chi connectivity index (χ0v) is 23.0. The molecule has 0 N–H and O–H groups in total. The van der Waals surface area contributed by atoms with E-state index in [2.05, 4.69) is 11.8 Å². The van der Waals surface area contributed by atoms with Crippen molar-refractivity contribution in [3.8, 4) is 5.75 Å². The molecule has 0 radical (unpaired) electrons. The van der Waals surface area contributed by atoms with Crippen LogP contribution in [0, 0.1) is 19.3 Å². The van der Waals surface area contributed by atoms with Crippen LogP contribution in [0.3, 0.4) is 0 Å². The third-order valence-electron chi connectivity index (χ3n) is 7.75. The van der Waals surface area contributed by atoms with Gasteiger partial charge in [0.05, 0.1) is 18.6 Å². The van der Waals surface area contributed by atoms with Gasteiger partial charge in [0, 0.05) is 26.7 Å². The summed E-state index contributed by atoms with van der Waals surface area (Å²) in [4.78, 5) is 17.4. The molecule has 0 aromatic heterocycles. The fourth-order valence-corrected chi connectivity index (χ4v) is 7.01. The second-order valence-electron chi connectivity index (χ2n) is 10.2. The number of aryl methyl sites for hydroxylation is 2. The number of amides is 1. The summed E-state index contributed by atoms with van der Waals surface area (Å²) < 4.78 is 38.3. The molecule has 198 valence electrons. The second-order valence-corrected chi connectivity index (χ2v) is 12.2. The lowest BCUT2D eigenvalue weighted by Gasteiger charge is -2.47. The average molecular weight is 510 g/mol. The average Bonchev–Trinajstić information content (AvgIpc) is 2.83. The van der Waals surface area contributed by atoms with Crippen LogP contribution in [0.4, 0.5) is 0 Å². The number of likely N-dealkylation sites (N-methyl/N-ethyl adjacent to an activating group) is 1. The molecular weight excluding hydrogens is 466 g/mol. The maximum Gasteiger partial charge on any atom is 0.248 e. The van der Waals surface area contributed by atoms with Gasteiger partial charge in [0.1, 0.15) is 12.4 Å². The SMILES string of the molecule is CCCN1CCC2(CC1)CCN(C(=O)COCCN(C)S(=O)(=O)c1c(C)cc(OC)cc1C)CC2. The molecule has 2 fully saturated rings. The van der Waals surface area contributed by atoms with Gasteiger partial charge in [-0.05, 0) is 94.3 Å². The molecule has 0 bridgehead atoms. The molecule has 2 heterocycles. The zero-order valence-electron chi connectivity index (χ0n) is 22.1. The van der Waals surface area contributed by atoms with Gasteiger partial charge in [-0.2, -0.15) is 4.31 Å². The molecule has 0 atom stereocenters. The molecule has 9 heteroatoms. The largest absolute Gasteiger partial charge is 0.497 e. The molecule has 0 unspecified atom stereocenters. The summed E-state index contributed by atoms with van der Waals surface area (Å²) >= 11 is 0. The van der Waals surface area contributed by atoms with Crippen LogP contribution in [-0.2, 0) is 19.6 Å². The Morgan fingerprint density at radius 1 is 1.06 bits per heavy atom. The minimum Gasteiger partial charge on any atom is -0.497 e. The van der Waals surface area contributed by atoms with Crippen molar-refractivity contribution in [2.45, 2.75) is 57.8 Å². The van der Waals surface area contributed by atoms with Crippen LogP contribution in [0.2, 0.25) is 0 Å². The Morgan fingerprint density at radius 3 is 2.17 bits per heavy atom. The van der Waals surface area contributed by atoms with Crippen molar-refractivity contribution in [1.29, 1.82) is 0 Å². The van der Waals surface area contributed by atoms with E-state index < -0.39 is 10.0 Å². The summed E-state index contributed by atoms with van der Waals surface area (Å²) in [6.07, 6.45) is 5.82. The van der Waals surface area contributed by atoms with Crippen LogP contribution in [0.5, 0.6) is 5.75 Å². The molecule has 3 rings (SSSR count). The third kappa shape index (κ3) is 6.76. The minimum absolute atomic E-state index is 0.00405. The highest BCUT2D eigenvalue weighted by molar-refractivity contribution is 7.89. The molecule has 1 amide bonds. The Labute approximate surface area is 211 Å². The third-order valence-corrected chi connectivity index (χ3v) is 9.91. The van der Waals surface area contributed by atoms with E-state index in [0.29, 0.717) is 27.2 Å². The zero-order chi connectivity index (χ0) is 25.6. The van der Waals surface area contributed by atoms with Gasteiger partial charge in [-0.25, -0.2) is 8.42 Å². The van der Waals surface area contributed by atoms with Crippen molar-refractivity contribution in [3.63, 3.8) is 0 Å². The quantitative estimate of drug-likeness (QED) is 0.451. The van der Waals surface area contributed by atoms with Gasteiger partial charge in [-0.15, -0.1) is 0 Å². The van der Waals surface area contributed by atoms with Crippen molar-refractivity contribution in [2.24, 2.45) is 5.41 Å². The van der Waals surface area contributed by atoms with Crippen molar-refractivity contribution >= 4 is 15.9 Å². The van der Waals surface area contributed by atoms with Crippen LogP contribution in [0.1, 0.15) is 50.2 Å². The van der Waals surface area contributed by atoms with Gasteiger partial charge in [0.2, 0.25) is 15.9 Å². The predicted octanol–water partition coefficient (Wildman–Crippen LogP) is 3.06. The van der Waals surface area contributed by atoms with Gasteiger partial charge in [-0.1, -0.05) is 6.92 Å². The molecule has 0 saturated carbocycles. The van der Waals surface area contributed by atoms with Crippen LogP contribution in [0.15, 0.2) is 17.0 Å². The van der Waals surface area contributed by atoms with Crippen molar-refractivity contribution < 1.29 is 22.7 Å². The van der Waals surface area contributed by atoms with Crippen molar-refractivity contribution in [3.05, 3.63) is 23.3 Å². The van der Waals surface area contributed by atoms with Gasteiger partial charge in [-0.3, -0.25) is 4.79 Å². The maximum absolute atomic E-state index is 13.1. The second kappa shape index (κ2) is 12.0. The highest BCUT2D eigenvalue weighted by Crippen LogP contribution is 2.41. The van der Waals surface area contributed by atoms with Gasteiger partial charge in [0.25, 0.3) is 0 Å². The van der Waals surface area contributed by atoms with Gasteiger partial charge < -0.3 is 19.3 Å². The van der Waals surface area contributed by atoms with Crippen LogP contribution >= 0.6 is 0 Å². The van der Waals surface area contributed by atoms with Gasteiger partial charge >= 0.3 is 0 Å². The van der Waals surface area contributed by atoms with E-state index in [-0.39, 0.29) is 25.7 Å². The molecule has 1 aromatic rings. The molecular formula is C26H43N3O5S. The summed E-state index contributed by atoms with van der Waals surface area (Å²) in [7, 11) is -0.568. The van der Waals surface area contributed by atoms with Gasteiger partial charge in [0.15, 0.2) is 0 Å². The van der Waals surface area contributed by atoms with E-state index in [4.69, 9.17) is 9.47 Å². The summed E-state index contributed by atoms with van der Waals surface area (Å²) in [5.74, 6) is 0.629. The highest BCUT2D eigenvalue weighted by Gasteiger charge is 2.38. The van der Waals surface area contributed by atoms with E-state index >= 15 is 0 Å². The van der Waals surface area contributed by atoms with E-state index in [9.17, 15) is 13.2 Å². The first-order valence-corrected chi connectivity index (χ1v) is 14.3. The fourth-order valence-electron chi connectivity index (χ4n) is 5.45. The van der Waals surface area contributed by atoms with Crippen molar-refractivity contribution in [1.82, 2.24) is 14.1 Å². The van der Waals surface area contributed by atoms with Crippen molar-refractivity contribution in [2.75, 3.05) is 66.6 Å². The molecule has 0 aliphatic carbocycles. The van der Waals surface area contributed by atoms with E-state index in [0.717, 1.165) is 25.9 Å². The molecule has 2 saturated heterocycles. The Hall–Kier alpha value is -1.68. The number of methoxy groups -OCH3 is 1.